The van der Waals surface area contributed by atoms with E-state index in [0.717, 1.165) is 4.48 Å². The molecule has 2 atom stereocenters. The van der Waals surface area contributed by atoms with Crippen molar-refractivity contribution in [2.24, 2.45) is 0 Å². The summed E-state index contributed by atoms with van der Waals surface area (Å²) in [6.07, 6.45) is 4.95. The minimum absolute atomic E-state index is 0.313. The van der Waals surface area contributed by atoms with E-state index in [4.69, 9.17) is 0 Å². The van der Waals surface area contributed by atoms with Crippen LogP contribution in [0.25, 0.3) is 0 Å². The summed E-state index contributed by atoms with van der Waals surface area (Å²) in [4.78, 5) is 2.43. The minimum atomic E-state index is 0.313. The molecule has 138 valence electrons. The van der Waals surface area contributed by atoms with E-state index < -0.39 is 0 Å². The summed E-state index contributed by atoms with van der Waals surface area (Å²) in [7, 11) is 2.35. The molecule has 1 heterocycles. The molecule has 1 unspecified atom stereocenters. The summed E-state index contributed by atoms with van der Waals surface area (Å²) in [5.74, 6) is 1.01. The van der Waals surface area contributed by atoms with Gasteiger partial charge in [-0.2, -0.15) is 0 Å². The first-order valence-electron chi connectivity index (χ1n) is 9.80. The topological polar surface area (TPSA) is 3.24 Å². The van der Waals surface area contributed by atoms with Crippen molar-refractivity contribution >= 4 is 11.4 Å². The maximum atomic E-state index is 2.43. The number of benzene rings is 2. The van der Waals surface area contributed by atoms with Gasteiger partial charge in [0.25, 0.3) is 0 Å². The second-order valence-electron chi connectivity index (χ2n) is 8.37. The summed E-state index contributed by atoms with van der Waals surface area (Å²) in [6.45, 7) is 13.8. The van der Waals surface area contributed by atoms with Gasteiger partial charge in [0, 0.05) is 23.7 Å². The van der Waals surface area contributed by atoms with Gasteiger partial charge in [0.2, 0.25) is 0 Å². The molecule has 3 rings (SSSR count). The number of anilines is 1. The number of hydrogen-bond donors (Lipinski definition) is 0. The summed E-state index contributed by atoms with van der Waals surface area (Å²) < 4.78 is 0.816. The van der Waals surface area contributed by atoms with Crippen molar-refractivity contribution in [3.63, 3.8) is 0 Å². The summed E-state index contributed by atoms with van der Waals surface area (Å²) in [5, 5.41) is 0. The number of nitrogens with zero attached hydrogens (tertiary/aromatic N) is 2. The third-order valence-corrected chi connectivity index (χ3v) is 5.93. The zero-order valence-corrected chi connectivity index (χ0v) is 17.3. The Morgan fingerprint density at radius 3 is 2.00 bits per heavy atom. The standard InChI is InChI=1S/C24H33N2/c1-17(2)21-12-10-13-22(18(3)4)24(21)26(7)16-15-25(20(26)6)23-14-9-8-11-19(23)5/h8-18,20H,1-7H3/q+1/t20-,26?/m0/s1. The highest BCUT2D eigenvalue weighted by Gasteiger charge is 2.42. The maximum Gasteiger partial charge on any atom is 0.174 e. The maximum absolute atomic E-state index is 2.43. The van der Waals surface area contributed by atoms with Crippen molar-refractivity contribution in [3.05, 3.63) is 71.6 Å². The van der Waals surface area contributed by atoms with E-state index in [9.17, 15) is 0 Å². The molecule has 2 nitrogen and oxygen atoms in total. The fraction of sp³-hybridized carbons (Fsp3) is 0.417. The van der Waals surface area contributed by atoms with Gasteiger partial charge in [-0.05, 0) is 30.4 Å². The van der Waals surface area contributed by atoms with E-state index in [2.05, 4.69) is 108 Å². The normalized spacial score (nSPS) is 22.7. The SMILES string of the molecule is Cc1ccccc1N1C=C[N+](C)(c2c(C(C)C)cccc2C(C)C)[C@H]1C. The van der Waals surface area contributed by atoms with Gasteiger partial charge in [-0.3, -0.25) is 4.90 Å². The van der Waals surface area contributed by atoms with Gasteiger partial charge in [-0.1, -0.05) is 64.1 Å². The van der Waals surface area contributed by atoms with E-state index in [0.29, 0.717) is 18.0 Å². The van der Waals surface area contributed by atoms with Crippen molar-refractivity contribution in [2.75, 3.05) is 11.9 Å². The average molecular weight is 350 g/mol. The van der Waals surface area contributed by atoms with Gasteiger partial charge in [-0.25, -0.2) is 4.48 Å². The zero-order chi connectivity index (χ0) is 19.1. The first kappa shape index (κ1) is 18.7. The molecule has 0 radical (unpaired) electrons. The zero-order valence-electron chi connectivity index (χ0n) is 17.3. The Morgan fingerprint density at radius 1 is 0.885 bits per heavy atom. The van der Waals surface area contributed by atoms with Crippen LogP contribution in [0.3, 0.4) is 0 Å². The van der Waals surface area contributed by atoms with Crippen LogP contribution >= 0.6 is 0 Å². The third-order valence-electron chi connectivity index (χ3n) is 5.93. The molecule has 0 aromatic heterocycles. The van der Waals surface area contributed by atoms with E-state index in [-0.39, 0.29) is 0 Å². The van der Waals surface area contributed by atoms with Crippen LogP contribution < -0.4 is 9.38 Å². The monoisotopic (exact) mass is 349 g/mol. The van der Waals surface area contributed by atoms with Gasteiger partial charge in [0.15, 0.2) is 6.17 Å². The molecule has 0 N–H and O–H groups in total. The van der Waals surface area contributed by atoms with Crippen molar-refractivity contribution in [2.45, 2.75) is 59.5 Å². The van der Waals surface area contributed by atoms with Crippen LogP contribution in [0.2, 0.25) is 0 Å². The van der Waals surface area contributed by atoms with Crippen molar-refractivity contribution in [1.29, 1.82) is 0 Å². The number of hydrogen-bond acceptors (Lipinski definition) is 1. The highest BCUT2D eigenvalue weighted by Crippen LogP contribution is 2.43. The Hall–Kier alpha value is -2.06. The third kappa shape index (κ3) is 2.97. The Labute approximate surface area is 159 Å². The Kier molecular flexibility index (Phi) is 4.98. The fourth-order valence-electron chi connectivity index (χ4n) is 4.18. The Balaban J connectivity index is 2.14. The van der Waals surface area contributed by atoms with Crippen LogP contribution in [-0.2, 0) is 0 Å². The largest absolute Gasteiger partial charge is 0.292 e. The molecule has 26 heavy (non-hydrogen) atoms. The predicted octanol–water partition coefficient (Wildman–Crippen LogP) is 6.52. The van der Waals surface area contributed by atoms with Crippen molar-refractivity contribution < 1.29 is 0 Å². The molecule has 0 bridgehead atoms. The van der Waals surface area contributed by atoms with E-state index in [1.165, 1.54) is 28.1 Å². The summed E-state index contributed by atoms with van der Waals surface area (Å²) in [5.41, 5.74) is 7.01. The molecule has 2 aromatic carbocycles. The average Bonchev–Trinajstić information content (AvgIpc) is 2.91. The molecule has 1 aliphatic rings. The summed E-state index contributed by atoms with van der Waals surface area (Å²) >= 11 is 0. The molecule has 0 aliphatic carbocycles. The second kappa shape index (κ2) is 6.92. The van der Waals surface area contributed by atoms with Crippen LogP contribution in [0.5, 0.6) is 0 Å². The molecule has 0 spiro atoms. The second-order valence-corrected chi connectivity index (χ2v) is 8.37. The van der Waals surface area contributed by atoms with Crippen LogP contribution in [0.4, 0.5) is 11.4 Å². The minimum Gasteiger partial charge on any atom is -0.292 e. The van der Waals surface area contributed by atoms with Gasteiger partial charge in [0.05, 0.1) is 13.2 Å². The lowest BCUT2D eigenvalue weighted by Crippen LogP contribution is -2.51. The molecule has 0 amide bonds. The molecular formula is C24H33N2+. The number of aryl methyl sites for hydroxylation is 1. The first-order chi connectivity index (χ1) is 12.3. The van der Waals surface area contributed by atoms with Gasteiger partial charge >= 0.3 is 0 Å². The smallest absolute Gasteiger partial charge is 0.174 e. The number of rotatable bonds is 4. The van der Waals surface area contributed by atoms with E-state index in [1.807, 2.05) is 0 Å². The Bertz CT molecular complexity index is 792. The van der Waals surface area contributed by atoms with Crippen LogP contribution in [-0.4, -0.2) is 13.2 Å². The van der Waals surface area contributed by atoms with Crippen molar-refractivity contribution in [3.8, 4) is 0 Å². The lowest BCUT2D eigenvalue weighted by Gasteiger charge is -2.39. The van der Waals surface area contributed by atoms with Gasteiger partial charge in [-0.15, -0.1) is 0 Å². The van der Waals surface area contributed by atoms with Crippen LogP contribution in [0.1, 0.15) is 63.1 Å². The van der Waals surface area contributed by atoms with Gasteiger partial charge < -0.3 is 0 Å². The first-order valence-corrected chi connectivity index (χ1v) is 9.80. The summed E-state index contributed by atoms with van der Waals surface area (Å²) in [6, 6.07) is 15.5. The van der Waals surface area contributed by atoms with Crippen molar-refractivity contribution in [1.82, 2.24) is 4.48 Å². The van der Waals surface area contributed by atoms with E-state index >= 15 is 0 Å². The fourth-order valence-corrected chi connectivity index (χ4v) is 4.18. The molecule has 0 saturated heterocycles. The number of para-hydroxylation sites is 2. The van der Waals surface area contributed by atoms with Crippen LogP contribution in [0, 0.1) is 6.92 Å². The molecule has 0 saturated carbocycles. The highest BCUT2D eigenvalue weighted by atomic mass is 15.5. The molecule has 2 heteroatoms. The lowest BCUT2D eigenvalue weighted by molar-refractivity contribution is 0.368. The molecule has 0 fully saturated rings. The van der Waals surface area contributed by atoms with Crippen LogP contribution in [0.15, 0.2) is 54.9 Å². The molecule has 1 aliphatic heterocycles. The molecule has 2 aromatic rings. The predicted molar refractivity (Wildman–Crippen MR) is 115 cm³/mol. The Morgan fingerprint density at radius 2 is 1.46 bits per heavy atom. The highest BCUT2D eigenvalue weighted by molar-refractivity contribution is 5.66. The quantitative estimate of drug-likeness (QED) is 0.568. The van der Waals surface area contributed by atoms with E-state index in [1.54, 1.807) is 0 Å². The van der Waals surface area contributed by atoms with Gasteiger partial charge in [0.1, 0.15) is 11.9 Å². The molecular weight excluding hydrogens is 316 g/mol. The number of quaternary nitrogens is 1. The lowest BCUT2D eigenvalue weighted by atomic mass is 9.91.